The first-order valence-corrected chi connectivity index (χ1v) is 6.14. The van der Waals surface area contributed by atoms with Gasteiger partial charge in [0.1, 0.15) is 5.69 Å². The summed E-state index contributed by atoms with van der Waals surface area (Å²) in [5, 5.41) is 4.16. The number of halogens is 1. The smallest absolute Gasteiger partial charge is 0.269 e. The largest absolute Gasteiger partial charge is 0.383 e. The molecule has 0 radical (unpaired) electrons. The van der Waals surface area contributed by atoms with Gasteiger partial charge in [0.05, 0.1) is 13.2 Å². The predicted octanol–water partition coefficient (Wildman–Crippen LogP) is 1.19. The molecule has 0 aliphatic rings. The minimum atomic E-state index is -0.500. The Morgan fingerprint density at radius 3 is 2.94 bits per heavy atom. The second-order valence-electron chi connectivity index (χ2n) is 3.75. The van der Waals surface area contributed by atoms with E-state index < -0.39 is 5.91 Å². The molecule has 0 saturated carbocycles. The van der Waals surface area contributed by atoms with Gasteiger partial charge in [0, 0.05) is 18.7 Å². The Bertz CT molecular complexity index is 366. The number of aromatic nitrogens is 2. The molecule has 0 aromatic carbocycles. The van der Waals surface area contributed by atoms with Crippen molar-refractivity contribution in [3.05, 3.63) is 17.5 Å². The molecule has 0 atom stereocenters. The third-order valence-electron chi connectivity index (χ3n) is 2.44. The zero-order chi connectivity index (χ0) is 12.7. The minimum absolute atomic E-state index is 0.307. The lowest BCUT2D eigenvalue weighted by atomic mass is 10.2. The molecule has 0 unspecified atom stereocenters. The summed E-state index contributed by atoms with van der Waals surface area (Å²) < 4.78 is 6.77. The van der Waals surface area contributed by atoms with Crippen LogP contribution >= 0.6 is 11.6 Å². The van der Waals surface area contributed by atoms with E-state index in [9.17, 15) is 4.79 Å². The van der Waals surface area contributed by atoms with Crippen molar-refractivity contribution in [2.24, 2.45) is 5.73 Å². The number of unbranched alkanes of at least 4 members (excludes halogenated alkanes) is 1. The first-order chi connectivity index (χ1) is 8.19. The van der Waals surface area contributed by atoms with Crippen LogP contribution in [0.3, 0.4) is 0 Å². The molecule has 1 rings (SSSR count). The van der Waals surface area contributed by atoms with Gasteiger partial charge in [0.25, 0.3) is 5.91 Å². The fourth-order valence-electron chi connectivity index (χ4n) is 1.55. The molecule has 1 heterocycles. The summed E-state index contributed by atoms with van der Waals surface area (Å²) in [6.45, 7) is 1.18. The summed E-state index contributed by atoms with van der Waals surface area (Å²) >= 11 is 5.63. The van der Waals surface area contributed by atoms with Gasteiger partial charge in [-0.1, -0.05) is 0 Å². The van der Waals surface area contributed by atoms with Crippen LogP contribution in [0.4, 0.5) is 0 Å². The van der Waals surface area contributed by atoms with Crippen molar-refractivity contribution in [1.82, 2.24) is 9.78 Å². The van der Waals surface area contributed by atoms with Gasteiger partial charge < -0.3 is 10.5 Å². The first kappa shape index (κ1) is 14.0. The zero-order valence-corrected chi connectivity index (χ0v) is 10.7. The third kappa shape index (κ3) is 4.36. The van der Waals surface area contributed by atoms with Crippen molar-refractivity contribution in [2.45, 2.75) is 25.8 Å². The number of primary amides is 1. The maximum absolute atomic E-state index is 11.1. The van der Waals surface area contributed by atoms with Crippen LogP contribution in [-0.4, -0.2) is 35.3 Å². The van der Waals surface area contributed by atoms with Crippen molar-refractivity contribution in [1.29, 1.82) is 0 Å². The average Bonchev–Trinajstić information content (AvgIpc) is 2.70. The van der Waals surface area contributed by atoms with Crippen LogP contribution in [0.5, 0.6) is 0 Å². The number of alkyl halides is 1. The van der Waals surface area contributed by atoms with Gasteiger partial charge in [-0.25, -0.2) is 0 Å². The van der Waals surface area contributed by atoms with E-state index in [1.54, 1.807) is 17.9 Å². The number of hydrogen-bond donors (Lipinski definition) is 1. The molecular weight excluding hydrogens is 242 g/mol. The fraction of sp³-hybridized carbons (Fsp3) is 0.636. The lowest BCUT2D eigenvalue weighted by Crippen LogP contribution is -2.14. The summed E-state index contributed by atoms with van der Waals surface area (Å²) in [6, 6.07) is 1.74. The molecule has 2 N–H and O–H groups in total. The highest BCUT2D eigenvalue weighted by Crippen LogP contribution is 2.09. The highest BCUT2D eigenvalue weighted by molar-refractivity contribution is 6.17. The van der Waals surface area contributed by atoms with Gasteiger partial charge in [-0.3, -0.25) is 9.48 Å². The Morgan fingerprint density at radius 2 is 2.35 bits per heavy atom. The lowest BCUT2D eigenvalue weighted by molar-refractivity contribution is 0.0994. The van der Waals surface area contributed by atoms with Gasteiger partial charge in [-0.2, -0.15) is 5.10 Å². The van der Waals surface area contributed by atoms with Crippen molar-refractivity contribution < 1.29 is 9.53 Å². The second kappa shape index (κ2) is 7.29. The number of aryl methyl sites for hydroxylation is 1. The van der Waals surface area contributed by atoms with E-state index in [2.05, 4.69) is 5.10 Å². The Hall–Kier alpha value is -1.07. The van der Waals surface area contributed by atoms with Crippen molar-refractivity contribution in [3.63, 3.8) is 0 Å². The molecular formula is C11H18ClN3O2. The first-order valence-electron chi connectivity index (χ1n) is 5.60. The zero-order valence-electron chi connectivity index (χ0n) is 9.99. The van der Waals surface area contributed by atoms with Gasteiger partial charge in [-0.15, -0.1) is 11.6 Å². The van der Waals surface area contributed by atoms with E-state index in [1.807, 2.05) is 0 Å². The summed E-state index contributed by atoms with van der Waals surface area (Å²) in [4.78, 5) is 11.1. The molecule has 1 aromatic rings. The van der Waals surface area contributed by atoms with E-state index >= 15 is 0 Å². The minimum Gasteiger partial charge on any atom is -0.383 e. The molecule has 0 aliphatic carbocycles. The lowest BCUT2D eigenvalue weighted by Gasteiger charge is -2.05. The van der Waals surface area contributed by atoms with Crippen LogP contribution in [0.1, 0.15) is 29.0 Å². The Morgan fingerprint density at radius 1 is 1.59 bits per heavy atom. The number of ether oxygens (including phenoxy) is 1. The van der Waals surface area contributed by atoms with E-state index in [1.165, 1.54) is 0 Å². The number of carbonyl (C=O) groups excluding carboxylic acids is 1. The standard InChI is InChI=1S/C11H18ClN3O2/c1-17-7-6-15-9(4-2-3-5-12)8-10(14-15)11(13)16/h8H,2-7H2,1H3,(H2,13,16). The highest BCUT2D eigenvalue weighted by Gasteiger charge is 2.11. The SMILES string of the molecule is COCCn1nc(C(N)=O)cc1CCCCCl. The average molecular weight is 260 g/mol. The summed E-state index contributed by atoms with van der Waals surface area (Å²) in [6.07, 6.45) is 2.76. The number of amides is 1. The monoisotopic (exact) mass is 259 g/mol. The summed E-state index contributed by atoms with van der Waals surface area (Å²) in [7, 11) is 1.63. The number of rotatable bonds is 8. The number of nitrogens with two attached hydrogens (primary N) is 1. The molecule has 0 fully saturated rings. The molecule has 1 amide bonds. The van der Waals surface area contributed by atoms with Crippen LogP contribution in [0.25, 0.3) is 0 Å². The molecule has 1 aromatic heterocycles. The van der Waals surface area contributed by atoms with E-state index in [-0.39, 0.29) is 0 Å². The van der Waals surface area contributed by atoms with Crippen LogP contribution in [0.2, 0.25) is 0 Å². The molecule has 0 bridgehead atoms. The van der Waals surface area contributed by atoms with E-state index in [0.29, 0.717) is 24.7 Å². The highest BCUT2D eigenvalue weighted by atomic mass is 35.5. The quantitative estimate of drug-likeness (QED) is 0.563. The molecule has 17 heavy (non-hydrogen) atoms. The predicted molar refractivity (Wildman–Crippen MR) is 66.3 cm³/mol. The second-order valence-corrected chi connectivity index (χ2v) is 4.13. The van der Waals surface area contributed by atoms with Gasteiger partial charge in [0.15, 0.2) is 0 Å². The molecule has 0 spiro atoms. The molecule has 0 aliphatic heterocycles. The van der Waals surface area contributed by atoms with Crippen LogP contribution < -0.4 is 5.73 Å². The molecule has 96 valence electrons. The normalized spacial score (nSPS) is 10.7. The van der Waals surface area contributed by atoms with Gasteiger partial charge in [0.2, 0.25) is 0 Å². The van der Waals surface area contributed by atoms with Crippen molar-refractivity contribution in [3.8, 4) is 0 Å². The number of nitrogens with zero attached hydrogens (tertiary/aromatic N) is 2. The molecule has 6 heteroatoms. The maximum Gasteiger partial charge on any atom is 0.269 e. The number of hydrogen-bond acceptors (Lipinski definition) is 3. The summed E-state index contributed by atoms with van der Waals surface area (Å²) in [5.41, 5.74) is 6.52. The van der Waals surface area contributed by atoms with Gasteiger partial charge >= 0.3 is 0 Å². The van der Waals surface area contributed by atoms with Crippen molar-refractivity contribution >= 4 is 17.5 Å². The van der Waals surface area contributed by atoms with Crippen LogP contribution in [-0.2, 0) is 17.7 Å². The van der Waals surface area contributed by atoms with Crippen LogP contribution in [0.15, 0.2) is 6.07 Å². The molecule has 5 nitrogen and oxygen atoms in total. The van der Waals surface area contributed by atoms with E-state index in [0.717, 1.165) is 25.0 Å². The Kier molecular flexibility index (Phi) is 6.00. The van der Waals surface area contributed by atoms with Crippen LogP contribution in [0, 0.1) is 0 Å². The molecule has 0 saturated heterocycles. The maximum atomic E-state index is 11.1. The number of carbonyl (C=O) groups is 1. The Balaban J connectivity index is 2.72. The Labute approximate surface area is 106 Å². The third-order valence-corrected chi connectivity index (χ3v) is 2.71. The summed E-state index contributed by atoms with van der Waals surface area (Å²) in [5.74, 6) is 0.147. The fourth-order valence-corrected chi connectivity index (χ4v) is 1.74. The van der Waals surface area contributed by atoms with Crippen molar-refractivity contribution in [2.75, 3.05) is 19.6 Å². The van der Waals surface area contributed by atoms with Gasteiger partial charge in [-0.05, 0) is 25.3 Å². The van der Waals surface area contributed by atoms with E-state index in [4.69, 9.17) is 22.1 Å². The number of methoxy groups -OCH3 is 1. The topological polar surface area (TPSA) is 70.1 Å².